The minimum atomic E-state index is -1.09. The van der Waals surface area contributed by atoms with Gasteiger partial charge in [0, 0.05) is 16.0 Å². The Morgan fingerprint density at radius 1 is 1.10 bits per heavy atom. The van der Waals surface area contributed by atoms with E-state index in [1.54, 1.807) is 6.07 Å². The van der Waals surface area contributed by atoms with Crippen LogP contribution in [0.3, 0.4) is 0 Å². The average molecular weight is 452 g/mol. The molecular weight excluding hydrogens is 436 g/mol. The summed E-state index contributed by atoms with van der Waals surface area (Å²) in [7, 11) is 2.55. The number of nitrogens with one attached hydrogen (secondary N) is 1. The molecule has 1 amide bonds. The summed E-state index contributed by atoms with van der Waals surface area (Å²) in [6.07, 6.45) is 0. The number of halogens is 3. The second kappa shape index (κ2) is 8.81. The number of rotatable bonds is 5. The minimum Gasteiger partial charge on any atom is -0.496 e. The molecule has 0 aliphatic carbocycles. The van der Waals surface area contributed by atoms with Gasteiger partial charge in [0.25, 0.3) is 5.91 Å². The summed E-state index contributed by atoms with van der Waals surface area (Å²) in [6.45, 7) is 1.43. The number of aryl methyl sites for hydroxylation is 1. The monoisotopic (exact) mass is 451 g/mol. The van der Waals surface area contributed by atoms with Crippen molar-refractivity contribution in [2.24, 2.45) is 0 Å². The SMILES string of the molecule is COC(=O)c1c(NC(=O)c2cc(Cl)ccc2OC)csc1-c1ccc(C)c(F)c1F. The summed E-state index contributed by atoms with van der Waals surface area (Å²) in [6, 6.07) is 7.29. The molecule has 1 N–H and O–H groups in total. The van der Waals surface area contributed by atoms with Gasteiger partial charge < -0.3 is 14.8 Å². The van der Waals surface area contributed by atoms with E-state index in [4.69, 9.17) is 21.1 Å². The van der Waals surface area contributed by atoms with Crippen molar-refractivity contribution in [2.75, 3.05) is 19.5 Å². The van der Waals surface area contributed by atoms with Crippen LogP contribution in [0.25, 0.3) is 10.4 Å². The van der Waals surface area contributed by atoms with Crippen molar-refractivity contribution in [2.45, 2.75) is 6.92 Å². The van der Waals surface area contributed by atoms with Gasteiger partial charge in [-0.1, -0.05) is 23.7 Å². The zero-order valence-corrected chi connectivity index (χ0v) is 17.7. The first kappa shape index (κ1) is 21.7. The van der Waals surface area contributed by atoms with Gasteiger partial charge in [-0.25, -0.2) is 13.6 Å². The van der Waals surface area contributed by atoms with Crippen LogP contribution in [0.1, 0.15) is 26.3 Å². The second-order valence-corrected chi connectivity index (χ2v) is 7.52. The van der Waals surface area contributed by atoms with Crippen LogP contribution >= 0.6 is 22.9 Å². The van der Waals surface area contributed by atoms with Gasteiger partial charge in [-0.2, -0.15) is 0 Å². The lowest BCUT2D eigenvalue weighted by molar-refractivity contribution is 0.0603. The predicted molar refractivity (Wildman–Crippen MR) is 112 cm³/mol. The zero-order chi connectivity index (χ0) is 22.0. The third-order valence-corrected chi connectivity index (χ3v) is 5.60. The van der Waals surface area contributed by atoms with Crippen molar-refractivity contribution in [1.82, 2.24) is 0 Å². The van der Waals surface area contributed by atoms with Crippen LogP contribution in [0.15, 0.2) is 35.7 Å². The Morgan fingerprint density at radius 2 is 1.83 bits per heavy atom. The summed E-state index contributed by atoms with van der Waals surface area (Å²) >= 11 is 6.94. The number of hydrogen-bond acceptors (Lipinski definition) is 5. The fourth-order valence-corrected chi connectivity index (χ4v) is 4.00. The van der Waals surface area contributed by atoms with Gasteiger partial charge in [-0.15, -0.1) is 11.3 Å². The molecule has 5 nitrogen and oxygen atoms in total. The van der Waals surface area contributed by atoms with E-state index in [1.165, 1.54) is 43.7 Å². The van der Waals surface area contributed by atoms with Crippen LogP contribution in [0.5, 0.6) is 5.75 Å². The average Bonchev–Trinajstić information content (AvgIpc) is 3.14. The molecule has 0 aliphatic heterocycles. The third kappa shape index (κ3) is 4.01. The van der Waals surface area contributed by atoms with Crippen LogP contribution < -0.4 is 10.1 Å². The van der Waals surface area contributed by atoms with Crippen LogP contribution in [-0.2, 0) is 4.74 Å². The number of anilines is 1. The van der Waals surface area contributed by atoms with E-state index in [1.807, 2.05) is 0 Å². The molecule has 0 aliphatic rings. The van der Waals surface area contributed by atoms with Gasteiger partial charge in [0.2, 0.25) is 0 Å². The zero-order valence-electron chi connectivity index (χ0n) is 16.1. The third-order valence-electron chi connectivity index (χ3n) is 4.35. The number of hydrogen-bond donors (Lipinski definition) is 1. The fourth-order valence-electron chi connectivity index (χ4n) is 2.82. The highest BCUT2D eigenvalue weighted by Gasteiger charge is 2.26. The fraction of sp³-hybridized carbons (Fsp3) is 0.143. The van der Waals surface area contributed by atoms with Gasteiger partial charge in [-0.05, 0) is 30.7 Å². The smallest absolute Gasteiger partial charge is 0.341 e. The molecule has 0 unspecified atom stereocenters. The summed E-state index contributed by atoms with van der Waals surface area (Å²) in [5.41, 5.74) is 0.174. The normalized spacial score (nSPS) is 10.6. The lowest BCUT2D eigenvalue weighted by Crippen LogP contribution is -2.15. The van der Waals surface area contributed by atoms with E-state index in [-0.39, 0.29) is 38.6 Å². The number of carbonyl (C=O) groups is 2. The number of carbonyl (C=O) groups excluding carboxylic acids is 2. The number of methoxy groups -OCH3 is 2. The molecule has 0 fully saturated rings. The van der Waals surface area contributed by atoms with E-state index in [2.05, 4.69) is 5.32 Å². The van der Waals surface area contributed by atoms with Crippen LogP contribution in [0.2, 0.25) is 5.02 Å². The van der Waals surface area contributed by atoms with Crippen molar-refractivity contribution < 1.29 is 27.8 Å². The molecule has 9 heteroatoms. The number of esters is 1. The Morgan fingerprint density at radius 3 is 2.50 bits per heavy atom. The summed E-state index contributed by atoms with van der Waals surface area (Å²) < 4.78 is 38.6. The number of ether oxygens (including phenoxy) is 2. The second-order valence-electron chi connectivity index (χ2n) is 6.20. The van der Waals surface area contributed by atoms with E-state index >= 15 is 0 Å². The van der Waals surface area contributed by atoms with Gasteiger partial charge in [0.05, 0.1) is 30.3 Å². The Balaban J connectivity index is 2.08. The van der Waals surface area contributed by atoms with Crippen molar-refractivity contribution in [1.29, 1.82) is 0 Å². The van der Waals surface area contributed by atoms with Gasteiger partial charge in [0.15, 0.2) is 11.6 Å². The van der Waals surface area contributed by atoms with Crippen molar-refractivity contribution in [3.8, 4) is 16.2 Å². The van der Waals surface area contributed by atoms with E-state index in [9.17, 15) is 18.4 Å². The first-order valence-corrected chi connectivity index (χ1v) is 9.83. The lowest BCUT2D eigenvalue weighted by atomic mass is 10.1. The molecule has 0 saturated heterocycles. The topological polar surface area (TPSA) is 64.6 Å². The summed E-state index contributed by atoms with van der Waals surface area (Å²) in [5, 5.41) is 4.36. The summed E-state index contributed by atoms with van der Waals surface area (Å²) in [4.78, 5) is 25.3. The van der Waals surface area contributed by atoms with E-state index < -0.39 is 23.5 Å². The molecule has 1 aromatic heterocycles. The number of benzene rings is 2. The molecule has 2 aromatic carbocycles. The highest BCUT2D eigenvalue weighted by Crippen LogP contribution is 2.39. The number of amides is 1. The maximum atomic E-state index is 14.5. The minimum absolute atomic E-state index is 0.0843. The first-order chi connectivity index (χ1) is 14.3. The largest absolute Gasteiger partial charge is 0.496 e. The highest BCUT2D eigenvalue weighted by molar-refractivity contribution is 7.14. The molecule has 1 heterocycles. The Labute approximate surface area is 180 Å². The van der Waals surface area contributed by atoms with E-state index in [0.29, 0.717) is 5.02 Å². The van der Waals surface area contributed by atoms with Crippen LogP contribution in [-0.4, -0.2) is 26.1 Å². The van der Waals surface area contributed by atoms with Gasteiger partial charge in [0.1, 0.15) is 11.3 Å². The Bertz CT molecular complexity index is 1150. The lowest BCUT2D eigenvalue weighted by Gasteiger charge is -2.11. The highest BCUT2D eigenvalue weighted by atomic mass is 35.5. The number of thiophene rings is 1. The maximum Gasteiger partial charge on any atom is 0.341 e. The maximum absolute atomic E-state index is 14.5. The van der Waals surface area contributed by atoms with Crippen molar-refractivity contribution in [3.63, 3.8) is 0 Å². The molecule has 0 atom stereocenters. The van der Waals surface area contributed by atoms with Gasteiger partial charge in [-0.3, -0.25) is 4.79 Å². The molecule has 0 spiro atoms. The Hall–Kier alpha value is -2.97. The molecule has 156 valence electrons. The standard InChI is InChI=1S/C21H16ClF2NO4S/c1-10-4-6-12(18(24)17(10)23)19-16(21(27)29-3)14(9-30-19)25-20(26)13-8-11(22)5-7-15(13)28-2/h4-9H,1-3H3,(H,25,26). The molecule has 3 aromatic rings. The van der Waals surface area contributed by atoms with E-state index in [0.717, 1.165) is 18.4 Å². The van der Waals surface area contributed by atoms with Crippen molar-refractivity contribution >= 4 is 40.5 Å². The molecule has 0 bridgehead atoms. The molecule has 3 rings (SSSR count). The predicted octanol–water partition coefficient (Wildman–Crippen LogP) is 5.70. The quantitative estimate of drug-likeness (QED) is 0.505. The van der Waals surface area contributed by atoms with Gasteiger partial charge >= 0.3 is 5.97 Å². The molecule has 0 radical (unpaired) electrons. The van der Waals surface area contributed by atoms with Crippen LogP contribution in [0.4, 0.5) is 14.5 Å². The summed E-state index contributed by atoms with van der Waals surface area (Å²) in [5.74, 6) is -3.22. The van der Waals surface area contributed by atoms with Crippen LogP contribution in [0, 0.1) is 18.6 Å². The van der Waals surface area contributed by atoms with Crippen molar-refractivity contribution in [3.05, 3.63) is 69.1 Å². The molecule has 30 heavy (non-hydrogen) atoms. The molecular formula is C21H16ClF2NO4S. The Kier molecular flexibility index (Phi) is 6.38. The first-order valence-electron chi connectivity index (χ1n) is 8.58. The molecule has 0 saturated carbocycles.